The molecule has 2 atom stereocenters. The molecule has 27 heavy (non-hydrogen) atoms. The van der Waals surface area contributed by atoms with Crippen LogP contribution < -0.4 is 10.1 Å². The minimum atomic E-state index is -0.916. The highest BCUT2D eigenvalue weighted by Gasteiger charge is 2.23. The number of hydrogen-bond acceptors (Lipinski definition) is 5. The Morgan fingerprint density at radius 2 is 1.70 bits per heavy atom. The van der Waals surface area contributed by atoms with E-state index < -0.39 is 18.2 Å². The van der Waals surface area contributed by atoms with Gasteiger partial charge in [-0.3, -0.25) is 4.79 Å². The summed E-state index contributed by atoms with van der Waals surface area (Å²) in [5.74, 6) is -0.548. The zero-order valence-electron chi connectivity index (χ0n) is 15.3. The molecule has 2 rings (SSSR count). The molecule has 2 aromatic carbocycles. The molecule has 2 aromatic rings. The Balaban J connectivity index is 1.75. The smallest absolute Gasteiger partial charge is 0.347 e. The van der Waals surface area contributed by atoms with Gasteiger partial charge in [-0.1, -0.05) is 30.3 Å². The van der Waals surface area contributed by atoms with Gasteiger partial charge in [-0.15, -0.1) is 0 Å². The van der Waals surface area contributed by atoms with Crippen LogP contribution in [0.4, 0.5) is 0 Å². The van der Waals surface area contributed by atoms with Crippen molar-refractivity contribution in [2.24, 2.45) is 0 Å². The molecular weight excluding hydrogens is 344 g/mol. The van der Waals surface area contributed by atoms with E-state index in [-0.39, 0.29) is 5.91 Å². The average molecular weight is 366 g/mol. The third kappa shape index (κ3) is 6.48. The number of hydrogen-bond donors (Lipinski definition) is 1. The molecule has 0 radical (unpaired) electrons. The molecule has 0 bridgehead atoms. The Morgan fingerprint density at radius 1 is 1.04 bits per heavy atom. The second-order valence-electron chi connectivity index (χ2n) is 6.00. The second kappa shape index (κ2) is 9.97. The number of nitrogens with zero attached hydrogens (tertiary/aromatic N) is 1. The first-order chi connectivity index (χ1) is 13.0. The van der Waals surface area contributed by atoms with Gasteiger partial charge in [0.1, 0.15) is 5.75 Å². The van der Waals surface area contributed by atoms with Crippen LogP contribution in [-0.4, -0.2) is 30.6 Å². The van der Waals surface area contributed by atoms with Crippen LogP contribution in [0.1, 0.15) is 25.0 Å². The summed E-state index contributed by atoms with van der Waals surface area (Å²) in [6.07, 6.45) is -1.09. The van der Waals surface area contributed by atoms with Crippen molar-refractivity contribution in [3.63, 3.8) is 0 Å². The van der Waals surface area contributed by atoms with E-state index in [0.717, 1.165) is 5.56 Å². The van der Waals surface area contributed by atoms with Gasteiger partial charge in [0.05, 0.1) is 11.6 Å². The maximum absolute atomic E-state index is 12.1. The number of amides is 1. The SMILES string of the molecule is C[C@@H](OC(=O)[C@@H](C)Oc1ccc(C#N)cc1)C(=O)NCCc1ccccc1. The van der Waals surface area contributed by atoms with Gasteiger partial charge in [0.2, 0.25) is 0 Å². The fraction of sp³-hybridized carbons (Fsp3) is 0.286. The summed E-state index contributed by atoms with van der Waals surface area (Å²) in [5.41, 5.74) is 1.62. The standard InChI is InChI=1S/C21H22N2O4/c1-15(20(24)23-13-12-17-6-4-3-5-7-17)27-21(25)16(2)26-19-10-8-18(14-22)9-11-19/h3-11,15-16H,12-13H2,1-2H3,(H,23,24)/t15-,16-/m1/s1. The monoisotopic (exact) mass is 366 g/mol. The Hall–Kier alpha value is -3.33. The highest BCUT2D eigenvalue weighted by Crippen LogP contribution is 2.14. The number of esters is 1. The third-order valence-corrected chi connectivity index (χ3v) is 3.85. The molecule has 140 valence electrons. The van der Waals surface area contributed by atoms with Gasteiger partial charge in [-0.05, 0) is 50.1 Å². The molecule has 0 unspecified atom stereocenters. The van der Waals surface area contributed by atoms with Crippen LogP contribution in [0, 0.1) is 11.3 Å². The molecule has 6 heteroatoms. The minimum absolute atomic E-state index is 0.357. The Bertz CT molecular complexity index is 797. The van der Waals surface area contributed by atoms with E-state index in [9.17, 15) is 9.59 Å². The average Bonchev–Trinajstić information content (AvgIpc) is 2.69. The van der Waals surface area contributed by atoms with Crippen molar-refractivity contribution in [2.45, 2.75) is 32.5 Å². The molecule has 1 N–H and O–H groups in total. The van der Waals surface area contributed by atoms with Crippen molar-refractivity contribution in [2.75, 3.05) is 6.54 Å². The van der Waals surface area contributed by atoms with E-state index in [4.69, 9.17) is 14.7 Å². The number of ether oxygens (including phenoxy) is 2. The number of rotatable bonds is 8. The predicted molar refractivity (Wildman–Crippen MR) is 100.0 cm³/mol. The van der Waals surface area contributed by atoms with Crippen LogP contribution >= 0.6 is 0 Å². The van der Waals surface area contributed by atoms with Crippen molar-refractivity contribution in [3.05, 3.63) is 65.7 Å². The third-order valence-electron chi connectivity index (χ3n) is 3.85. The van der Waals surface area contributed by atoms with Crippen molar-refractivity contribution in [1.82, 2.24) is 5.32 Å². The van der Waals surface area contributed by atoms with E-state index in [1.807, 2.05) is 36.4 Å². The fourth-order valence-corrected chi connectivity index (χ4v) is 2.30. The highest BCUT2D eigenvalue weighted by molar-refractivity contribution is 5.84. The van der Waals surface area contributed by atoms with Gasteiger partial charge >= 0.3 is 5.97 Å². The largest absolute Gasteiger partial charge is 0.479 e. The van der Waals surface area contributed by atoms with Gasteiger partial charge in [0.25, 0.3) is 5.91 Å². The maximum Gasteiger partial charge on any atom is 0.347 e. The lowest BCUT2D eigenvalue weighted by atomic mass is 10.1. The van der Waals surface area contributed by atoms with Gasteiger partial charge < -0.3 is 14.8 Å². The Morgan fingerprint density at radius 3 is 2.33 bits per heavy atom. The minimum Gasteiger partial charge on any atom is -0.479 e. The quantitative estimate of drug-likeness (QED) is 0.726. The summed E-state index contributed by atoms with van der Waals surface area (Å²) in [5, 5.41) is 11.5. The maximum atomic E-state index is 12.1. The van der Waals surface area contributed by atoms with Crippen molar-refractivity contribution in [3.8, 4) is 11.8 Å². The van der Waals surface area contributed by atoms with Gasteiger partial charge in [0, 0.05) is 6.54 Å². The van der Waals surface area contributed by atoms with Crippen LogP contribution in [0.5, 0.6) is 5.75 Å². The molecule has 0 spiro atoms. The highest BCUT2D eigenvalue weighted by atomic mass is 16.6. The number of nitrogens with one attached hydrogen (secondary N) is 1. The van der Waals surface area contributed by atoms with Gasteiger partial charge in [-0.25, -0.2) is 4.79 Å². The first kappa shape index (κ1) is 20.0. The number of carbonyl (C=O) groups excluding carboxylic acids is 2. The molecule has 0 fully saturated rings. The number of nitriles is 1. The predicted octanol–water partition coefficient (Wildman–Crippen LogP) is 2.62. The van der Waals surface area contributed by atoms with Crippen molar-refractivity contribution in [1.29, 1.82) is 5.26 Å². The van der Waals surface area contributed by atoms with E-state index in [1.54, 1.807) is 31.2 Å². The van der Waals surface area contributed by atoms with E-state index >= 15 is 0 Å². The van der Waals surface area contributed by atoms with Crippen LogP contribution in [0.15, 0.2) is 54.6 Å². The summed E-state index contributed by atoms with van der Waals surface area (Å²) >= 11 is 0. The lowest BCUT2D eigenvalue weighted by Gasteiger charge is -2.17. The molecule has 0 aliphatic rings. The molecule has 0 heterocycles. The zero-order valence-corrected chi connectivity index (χ0v) is 15.3. The second-order valence-corrected chi connectivity index (χ2v) is 6.00. The molecule has 0 aromatic heterocycles. The number of benzene rings is 2. The summed E-state index contributed by atoms with van der Waals surface area (Å²) in [6, 6.07) is 18.2. The molecule has 0 saturated heterocycles. The van der Waals surface area contributed by atoms with Crippen molar-refractivity contribution >= 4 is 11.9 Å². The summed E-state index contributed by atoms with van der Waals surface area (Å²) in [7, 11) is 0. The Kier molecular flexibility index (Phi) is 7.38. The summed E-state index contributed by atoms with van der Waals surface area (Å²) in [4.78, 5) is 24.2. The number of carbonyl (C=O) groups is 2. The van der Waals surface area contributed by atoms with Crippen LogP contribution in [0.25, 0.3) is 0 Å². The topological polar surface area (TPSA) is 88.4 Å². The molecule has 6 nitrogen and oxygen atoms in total. The van der Waals surface area contributed by atoms with Gasteiger partial charge in [-0.2, -0.15) is 5.26 Å². The normalized spacial score (nSPS) is 12.3. The van der Waals surface area contributed by atoms with Crippen LogP contribution in [0.2, 0.25) is 0 Å². The fourth-order valence-electron chi connectivity index (χ4n) is 2.30. The summed E-state index contributed by atoms with van der Waals surface area (Å²) < 4.78 is 10.6. The molecule has 0 aliphatic heterocycles. The zero-order chi connectivity index (χ0) is 19.6. The lowest BCUT2D eigenvalue weighted by Crippen LogP contribution is -2.39. The Labute approximate surface area is 158 Å². The summed E-state index contributed by atoms with van der Waals surface area (Å²) in [6.45, 7) is 3.52. The van der Waals surface area contributed by atoms with E-state index in [0.29, 0.717) is 24.3 Å². The van der Waals surface area contributed by atoms with Crippen molar-refractivity contribution < 1.29 is 19.1 Å². The first-order valence-corrected chi connectivity index (χ1v) is 8.68. The molecule has 0 aliphatic carbocycles. The molecule has 0 saturated carbocycles. The van der Waals surface area contributed by atoms with E-state index in [1.165, 1.54) is 6.92 Å². The van der Waals surface area contributed by atoms with Crippen LogP contribution in [-0.2, 0) is 20.7 Å². The van der Waals surface area contributed by atoms with E-state index in [2.05, 4.69) is 5.32 Å². The lowest BCUT2D eigenvalue weighted by molar-refractivity contribution is -0.160. The first-order valence-electron chi connectivity index (χ1n) is 8.68. The molecule has 1 amide bonds. The van der Waals surface area contributed by atoms with Crippen LogP contribution in [0.3, 0.4) is 0 Å². The van der Waals surface area contributed by atoms with Gasteiger partial charge in [0.15, 0.2) is 12.2 Å². The molecular formula is C21H22N2O4.